The highest BCUT2D eigenvalue weighted by Crippen LogP contribution is 2.27. The first-order valence-electron chi connectivity index (χ1n) is 7.20. The minimum Gasteiger partial charge on any atom is -0.465 e. The lowest BCUT2D eigenvalue weighted by Gasteiger charge is -2.29. The maximum Gasteiger partial charge on any atom is 0.323 e. The van der Waals surface area contributed by atoms with Gasteiger partial charge >= 0.3 is 5.97 Å². The Morgan fingerprint density at radius 3 is 2.84 bits per heavy atom. The van der Waals surface area contributed by atoms with Crippen LogP contribution >= 0.6 is 0 Å². The van der Waals surface area contributed by atoms with Crippen LogP contribution in [0.2, 0.25) is 0 Å². The van der Waals surface area contributed by atoms with Gasteiger partial charge in [-0.1, -0.05) is 24.4 Å². The molecule has 0 aromatic rings. The molecular formula is C13H24N4O2. The minimum atomic E-state index is -0.202. The Morgan fingerprint density at radius 1 is 1.47 bits per heavy atom. The molecule has 1 fully saturated rings. The van der Waals surface area contributed by atoms with Gasteiger partial charge in [-0.05, 0) is 44.2 Å². The Balaban J connectivity index is 2.43. The summed E-state index contributed by atoms with van der Waals surface area (Å²) in [6.07, 6.45) is 6.58. The van der Waals surface area contributed by atoms with E-state index >= 15 is 0 Å². The highest BCUT2D eigenvalue weighted by molar-refractivity contribution is 5.76. The number of hydrogen-bond acceptors (Lipinski definition) is 4. The Morgan fingerprint density at radius 2 is 2.21 bits per heavy atom. The molecule has 0 bridgehead atoms. The minimum absolute atomic E-state index is 0.141. The first-order chi connectivity index (χ1) is 9.29. The number of nitrogens with one attached hydrogen (secondary N) is 1. The van der Waals surface area contributed by atoms with E-state index in [9.17, 15) is 4.79 Å². The summed E-state index contributed by atoms with van der Waals surface area (Å²) in [5.41, 5.74) is 8.20. The third-order valence-corrected chi connectivity index (χ3v) is 3.52. The molecule has 0 aromatic heterocycles. The van der Waals surface area contributed by atoms with Gasteiger partial charge in [-0.25, -0.2) is 0 Å². The van der Waals surface area contributed by atoms with Gasteiger partial charge in [-0.3, -0.25) is 4.79 Å². The molecule has 0 amide bonds. The van der Waals surface area contributed by atoms with Gasteiger partial charge in [0, 0.05) is 11.5 Å². The average molecular weight is 268 g/mol. The van der Waals surface area contributed by atoms with Gasteiger partial charge < -0.3 is 10.1 Å². The Kier molecular flexibility index (Phi) is 8.02. The molecule has 1 rings (SSSR count). The second kappa shape index (κ2) is 9.64. The van der Waals surface area contributed by atoms with Gasteiger partial charge in [0.05, 0.1) is 6.61 Å². The zero-order chi connectivity index (χ0) is 13.9. The quantitative estimate of drug-likeness (QED) is 0.241. The predicted molar refractivity (Wildman–Crippen MR) is 73.6 cm³/mol. The van der Waals surface area contributed by atoms with E-state index in [1.165, 1.54) is 19.3 Å². The second-order valence-electron chi connectivity index (χ2n) is 4.89. The smallest absolute Gasteiger partial charge is 0.323 e. The number of carbonyl (C=O) groups is 1. The maximum absolute atomic E-state index is 12.0. The summed E-state index contributed by atoms with van der Waals surface area (Å²) in [7, 11) is 0. The molecule has 0 saturated heterocycles. The van der Waals surface area contributed by atoms with Gasteiger partial charge in [0.1, 0.15) is 6.04 Å². The van der Waals surface area contributed by atoms with Crippen molar-refractivity contribution in [2.75, 3.05) is 19.7 Å². The first kappa shape index (κ1) is 15.8. The molecule has 0 aliphatic heterocycles. The van der Waals surface area contributed by atoms with Crippen LogP contribution < -0.4 is 5.32 Å². The lowest BCUT2D eigenvalue weighted by Crippen LogP contribution is -2.45. The number of ether oxygens (including phenoxy) is 1. The first-order valence-corrected chi connectivity index (χ1v) is 7.20. The summed E-state index contributed by atoms with van der Waals surface area (Å²) in [5, 5.41) is 6.76. The topological polar surface area (TPSA) is 87.1 Å². The Bertz CT molecular complexity index is 310. The van der Waals surface area contributed by atoms with Crippen LogP contribution in [-0.4, -0.2) is 31.7 Å². The van der Waals surface area contributed by atoms with E-state index in [0.717, 1.165) is 19.3 Å². The number of azide groups is 1. The van der Waals surface area contributed by atoms with Gasteiger partial charge in [-0.15, -0.1) is 0 Å². The standard InChI is InChI=1S/C13H24N4O2/c1-2-19-13(18)12(11-7-4-3-5-8-11)15-9-6-10-16-17-14/h11-12,15H,2-10H2,1H3. The number of rotatable bonds is 8. The van der Waals surface area contributed by atoms with Crippen LogP contribution in [0.25, 0.3) is 10.4 Å². The average Bonchev–Trinajstić information content (AvgIpc) is 2.44. The van der Waals surface area contributed by atoms with Crippen LogP contribution in [0.4, 0.5) is 0 Å². The molecule has 0 heterocycles. The van der Waals surface area contributed by atoms with E-state index in [0.29, 0.717) is 25.6 Å². The second-order valence-corrected chi connectivity index (χ2v) is 4.89. The molecule has 0 radical (unpaired) electrons. The summed E-state index contributed by atoms with van der Waals surface area (Å²) < 4.78 is 5.15. The SMILES string of the molecule is CCOC(=O)C(NCCCN=[N+]=[N-])C1CCCCC1. The molecule has 1 aliphatic rings. The van der Waals surface area contributed by atoms with Crippen molar-refractivity contribution < 1.29 is 9.53 Å². The molecule has 108 valence electrons. The predicted octanol–water partition coefficient (Wildman–Crippen LogP) is 2.79. The molecular weight excluding hydrogens is 244 g/mol. The summed E-state index contributed by atoms with van der Waals surface area (Å²) >= 11 is 0. The molecule has 1 saturated carbocycles. The van der Waals surface area contributed by atoms with Crippen LogP contribution in [-0.2, 0) is 9.53 Å². The van der Waals surface area contributed by atoms with Gasteiger partial charge in [-0.2, -0.15) is 0 Å². The van der Waals surface area contributed by atoms with Crippen LogP contribution in [0.3, 0.4) is 0 Å². The number of nitrogens with zero attached hydrogens (tertiary/aromatic N) is 3. The fourth-order valence-corrected chi connectivity index (χ4v) is 2.59. The maximum atomic E-state index is 12.0. The van der Waals surface area contributed by atoms with Crippen molar-refractivity contribution in [1.82, 2.24) is 5.32 Å². The molecule has 1 atom stereocenters. The van der Waals surface area contributed by atoms with Crippen molar-refractivity contribution >= 4 is 5.97 Å². The molecule has 1 unspecified atom stereocenters. The normalized spacial score (nSPS) is 17.5. The van der Waals surface area contributed by atoms with Crippen molar-refractivity contribution in [2.24, 2.45) is 11.0 Å². The zero-order valence-electron chi connectivity index (χ0n) is 11.7. The fourth-order valence-electron chi connectivity index (χ4n) is 2.59. The van der Waals surface area contributed by atoms with Crippen molar-refractivity contribution in [2.45, 2.75) is 51.5 Å². The van der Waals surface area contributed by atoms with Crippen molar-refractivity contribution in [3.63, 3.8) is 0 Å². The summed E-state index contributed by atoms with van der Waals surface area (Å²) in [4.78, 5) is 14.7. The lowest BCUT2D eigenvalue weighted by atomic mass is 9.84. The largest absolute Gasteiger partial charge is 0.465 e. The van der Waals surface area contributed by atoms with E-state index in [4.69, 9.17) is 10.3 Å². The van der Waals surface area contributed by atoms with Crippen LogP contribution in [0.5, 0.6) is 0 Å². The van der Waals surface area contributed by atoms with Crippen molar-refractivity contribution in [3.8, 4) is 0 Å². The number of hydrogen-bond donors (Lipinski definition) is 1. The van der Waals surface area contributed by atoms with Gasteiger partial charge in [0.25, 0.3) is 0 Å². The zero-order valence-corrected chi connectivity index (χ0v) is 11.7. The highest BCUT2D eigenvalue weighted by Gasteiger charge is 2.29. The van der Waals surface area contributed by atoms with E-state index in [1.54, 1.807) is 0 Å². The lowest BCUT2D eigenvalue weighted by molar-refractivity contribution is -0.147. The monoisotopic (exact) mass is 268 g/mol. The third-order valence-electron chi connectivity index (χ3n) is 3.52. The molecule has 19 heavy (non-hydrogen) atoms. The molecule has 0 aromatic carbocycles. The van der Waals surface area contributed by atoms with Crippen LogP contribution in [0, 0.1) is 5.92 Å². The van der Waals surface area contributed by atoms with E-state index < -0.39 is 0 Å². The Hall–Kier alpha value is -1.26. The molecule has 1 N–H and O–H groups in total. The molecule has 0 spiro atoms. The van der Waals surface area contributed by atoms with Crippen molar-refractivity contribution in [1.29, 1.82) is 0 Å². The summed E-state index contributed by atoms with van der Waals surface area (Å²) in [6.45, 7) is 3.39. The Labute approximate surface area is 114 Å². The molecule has 6 heteroatoms. The summed E-state index contributed by atoms with van der Waals surface area (Å²) in [6, 6.07) is -0.202. The summed E-state index contributed by atoms with van der Waals surface area (Å²) in [5.74, 6) is 0.241. The van der Waals surface area contributed by atoms with E-state index in [1.807, 2.05) is 6.92 Å². The van der Waals surface area contributed by atoms with E-state index in [2.05, 4.69) is 15.3 Å². The van der Waals surface area contributed by atoms with E-state index in [-0.39, 0.29) is 12.0 Å². The van der Waals surface area contributed by atoms with Crippen LogP contribution in [0.15, 0.2) is 5.11 Å². The van der Waals surface area contributed by atoms with Gasteiger partial charge in [0.2, 0.25) is 0 Å². The van der Waals surface area contributed by atoms with Crippen molar-refractivity contribution in [3.05, 3.63) is 10.4 Å². The fraction of sp³-hybridized carbons (Fsp3) is 0.923. The van der Waals surface area contributed by atoms with Gasteiger partial charge in [0.15, 0.2) is 0 Å². The van der Waals surface area contributed by atoms with Crippen LogP contribution in [0.1, 0.15) is 45.4 Å². The third kappa shape index (κ3) is 5.94. The number of esters is 1. The number of carbonyl (C=O) groups excluding carboxylic acids is 1. The highest BCUT2D eigenvalue weighted by atomic mass is 16.5. The molecule has 6 nitrogen and oxygen atoms in total. The molecule has 1 aliphatic carbocycles.